The first-order chi connectivity index (χ1) is 14.3. The minimum absolute atomic E-state index is 0.0494. The lowest BCUT2D eigenvalue weighted by Crippen LogP contribution is -2.50. The van der Waals surface area contributed by atoms with Crippen molar-refractivity contribution >= 4 is 11.8 Å². The number of rotatable bonds is 10. The van der Waals surface area contributed by atoms with Gasteiger partial charge in [0.05, 0.1) is 13.5 Å². The number of nitrogens with one attached hydrogen (secondary N) is 1. The van der Waals surface area contributed by atoms with E-state index in [9.17, 15) is 9.59 Å². The molecule has 0 aliphatic rings. The van der Waals surface area contributed by atoms with Crippen molar-refractivity contribution in [1.82, 2.24) is 10.2 Å². The number of carbonyl (C=O) groups is 2. The van der Waals surface area contributed by atoms with Gasteiger partial charge < -0.3 is 15.0 Å². The zero-order valence-electron chi connectivity index (χ0n) is 18.8. The third-order valence-electron chi connectivity index (χ3n) is 5.19. The van der Waals surface area contributed by atoms with Crippen LogP contribution in [0.2, 0.25) is 0 Å². The molecule has 0 radical (unpaired) electrons. The summed E-state index contributed by atoms with van der Waals surface area (Å²) in [6.45, 7) is 9.03. The Morgan fingerprint density at radius 2 is 1.73 bits per heavy atom. The fraction of sp³-hybridized carbons (Fsp3) is 0.440. The SMILES string of the molecule is CC[C@H](C(=O)NCC(C)C)N(Cc1ccc(OC)cc1)C(=O)Cc1ccccc1C. The normalized spacial score (nSPS) is 11.8. The van der Waals surface area contributed by atoms with E-state index < -0.39 is 6.04 Å². The van der Waals surface area contributed by atoms with Crippen molar-refractivity contribution in [3.05, 3.63) is 65.2 Å². The Morgan fingerprint density at radius 3 is 2.30 bits per heavy atom. The summed E-state index contributed by atoms with van der Waals surface area (Å²) >= 11 is 0. The zero-order valence-corrected chi connectivity index (χ0v) is 18.8. The van der Waals surface area contributed by atoms with E-state index in [4.69, 9.17) is 4.74 Å². The molecule has 1 atom stereocenters. The lowest BCUT2D eigenvalue weighted by Gasteiger charge is -2.31. The molecule has 0 heterocycles. The largest absolute Gasteiger partial charge is 0.497 e. The van der Waals surface area contributed by atoms with Gasteiger partial charge in [-0.2, -0.15) is 0 Å². The van der Waals surface area contributed by atoms with Gasteiger partial charge in [0.25, 0.3) is 0 Å². The lowest BCUT2D eigenvalue weighted by molar-refractivity contribution is -0.141. The number of hydrogen-bond acceptors (Lipinski definition) is 3. The molecule has 0 saturated carbocycles. The second-order valence-electron chi connectivity index (χ2n) is 8.04. The Morgan fingerprint density at radius 1 is 1.07 bits per heavy atom. The molecule has 0 fully saturated rings. The summed E-state index contributed by atoms with van der Waals surface area (Å²) in [7, 11) is 1.62. The van der Waals surface area contributed by atoms with Crippen molar-refractivity contribution in [1.29, 1.82) is 0 Å². The highest BCUT2D eigenvalue weighted by Gasteiger charge is 2.28. The molecular formula is C25H34N2O3. The van der Waals surface area contributed by atoms with Crippen LogP contribution in [-0.4, -0.2) is 36.4 Å². The number of ether oxygens (including phenoxy) is 1. The maximum atomic E-state index is 13.4. The van der Waals surface area contributed by atoms with E-state index >= 15 is 0 Å². The second-order valence-corrected chi connectivity index (χ2v) is 8.04. The Bertz CT molecular complexity index is 831. The van der Waals surface area contributed by atoms with Crippen molar-refractivity contribution in [2.75, 3.05) is 13.7 Å². The average molecular weight is 411 g/mol. The molecule has 0 aliphatic carbocycles. The van der Waals surface area contributed by atoms with Crippen LogP contribution in [0.4, 0.5) is 0 Å². The minimum atomic E-state index is -0.512. The number of nitrogens with zero attached hydrogens (tertiary/aromatic N) is 1. The molecule has 2 rings (SSSR count). The molecule has 2 aromatic rings. The molecule has 0 saturated heterocycles. The molecule has 0 unspecified atom stereocenters. The first-order valence-corrected chi connectivity index (χ1v) is 10.6. The van der Waals surface area contributed by atoms with Gasteiger partial charge in [0, 0.05) is 13.1 Å². The Hall–Kier alpha value is -2.82. The average Bonchev–Trinajstić information content (AvgIpc) is 2.74. The molecule has 2 amide bonds. The highest BCUT2D eigenvalue weighted by molar-refractivity contribution is 5.88. The molecule has 5 nitrogen and oxygen atoms in total. The summed E-state index contributed by atoms with van der Waals surface area (Å²) in [6.07, 6.45) is 0.830. The fourth-order valence-corrected chi connectivity index (χ4v) is 3.34. The van der Waals surface area contributed by atoms with Crippen LogP contribution in [0.3, 0.4) is 0 Å². The standard InChI is InChI=1S/C25H34N2O3/c1-6-23(25(29)26-16-18(2)3)27(17-20-11-13-22(30-5)14-12-20)24(28)15-21-10-8-7-9-19(21)4/h7-14,18,23H,6,15-17H2,1-5H3,(H,26,29)/t23-/m1/s1. The van der Waals surface area contributed by atoms with Gasteiger partial charge in [-0.1, -0.05) is 57.2 Å². The third kappa shape index (κ3) is 6.61. The van der Waals surface area contributed by atoms with E-state index in [0.29, 0.717) is 25.4 Å². The topological polar surface area (TPSA) is 58.6 Å². The number of amides is 2. The van der Waals surface area contributed by atoms with Gasteiger partial charge in [-0.25, -0.2) is 0 Å². The maximum Gasteiger partial charge on any atom is 0.242 e. The summed E-state index contributed by atoms with van der Waals surface area (Å²) < 4.78 is 5.23. The number of carbonyl (C=O) groups excluding carboxylic acids is 2. The highest BCUT2D eigenvalue weighted by Crippen LogP contribution is 2.18. The summed E-state index contributed by atoms with van der Waals surface area (Å²) in [6, 6.07) is 15.0. The summed E-state index contributed by atoms with van der Waals surface area (Å²) in [5, 5.41) is 2.99. The molecule has 1 N–H and O–H groups in total. The highest BCUT2D eigenvalue weighted by atomic mass is 16.5. The molecular weight excluding hydrogens is 376 g/mol. The monoisotopic (exact) mass is 410 g/mol. The fourth-order valence-electron chi connectivity index (χ4n) is 3.34. The van der Waals surface area contributed by atoms with E-state index in [0.717, 1.165) is 22.4 Å². The quantitative estimate of drug-likeness (QED) is 0.641. The third-order valence-corrected chi connectivity index (χ3v) is 5.19. The first kappa shape index (κ1) is 23.5. The molecule has 5 heteroatoms. The molecule has 162 valence electrons. The van der Waals surface area contributed by atoms with Crippen LogP contribution in [0.25, 0.3) is 0 Å². The van der Waals surface area contributed by atoms with Crippen LogP contribution in [0.1, 0.15) is 43.9 Å². The van der Waals surface area contributed by atoms with Crippen LogP contribution in [-0.2, 0) is 22.6 Å². The number of benzene rings is 2. The number of aryl methyl sites for hydroxylation is 1. The molecule has 30 heavy (non-hydrogen) atoms. The molecule has 0 aliphatic heterocycles. The summed E-state index contributed by atoms with van der Waals surface area (Å²) in [5.74, 6) is 0.965. The van der Waals surface area contributed by atoms with E-state index in [1.165, 1.54) is 0 Å². The van der Waals surface area contributed by atoms with E-state index in [1.54, 1.807) is 12.0 Å². The van der Waals surface area contributed by atoms with Crippen molar-refractivity contribution in [3.8, 4) is 5.75 Å². The van der Waals surface area contributed by atoms with Crippen LogP contribution < -0.4 is 10.1 Å². The lowest BCUT2D eigenvalue weighted by atomic mass is 10.0. The van der Waals surface area contributed by atoms with Crippen LogP contribution in [0.15, 0.2) is 48.5 Å². The van der Waals surface area contributed by atoms with E-state index in [-0.39, 0.29) is 18.2 Å². The van der Waals surface area contributed by atoms with Crippen LogP contribution >= 0.6 is 0 Å². The van der Waals surface area contributed by atoms with Crippen molar-refractivity contribution in [2.24, 2.45) is 5.92 Å². The zero-order chi connectivity index (χ0) is 22.1. The van der Waals surface area contributed by atoms with Gasteiger partial charge >= 0.3 is 0 Å². The van der Waals surface area contributed by atoms with Gasteiger partial charge in [0.15, 0.2) is 0 Å². The molecule has 0 aromatic heterocycles. The summed E-state index contributed by atoms with van der Waals surface area (Å²) in [4.78, 5) is 28.0. The Labute approximate surface area is 180 Å². The summed E-state index contributed by atoms with van der Waals surface area (Å²) in [5.41, 5.74) is 3.02. The van der Waals surface area contributed by atoms with Crippen molar-refractivity contribution in [2.45, 2.75) is 53.1 Å². The van der Waals surface area contributed by atoms with Crippen LogP contribution in [0, 0.1) is 12.8 Å². The van der Waals surface area contributed by atoms with Gasteiger partial charge in [-0.3, -0.25) is 9.59 Å². The predicted octanol–water partition coefficient (Wildman–Crippen LogP) is 4.13. The van der Waals surface area contributed by atoms with Crippen LogP contribution in [0.5, 0.6) is 5.75 Å². The predicted molar refractivity (Wildman–Crippen MR) is 120 cm³/mol. The second kappa shape index (κ2) is 11.4. The maximum absolute atomic E-state index is 13.4. The molecule has 0 spiro atoms. The van der Waals surface area contributed by atoms with E-state index in [2.05, 4.69) is 19.2 Å². The van der Waals surface area contributed by atoms with Crippen molar-refractivity contribution in [3.63, 3.8) is 0 Å². The Balaban J connectivity index is 2.27. The van der Waals surface area contributed by atoms with Crippen molar-refractivity contribution < 1.29 is 14.3 Å². The number of methoxy groups -OCH3 is 1. The van der Waals surface area contributed by atoms with Gasteiger partial charge in [0.1, 0.15) is 11.8 Å². The van der Waals surface area contributed by atoms with Gasteiger partial charge in [0.2, 0.25) is 11.8 Å². The minimum Gasteiger partial charge on any atom is -0.497 e. The smallest absolute Gasteiger partial charge is 0.242 e. The first-order valence-electron chi connectivity index (χ1n) is 10.6. The van der Waals surface area contributed by atoms with E-state index in [1.807, 2.05) is 62.4 Å². The van der Waals surface area contributed by atoms with Gasteiger partial charge in [-0.05, 0) is 48.1 Å². The van der Waals surface area contributed by atoms with Gasteiger partial charge in [-0.15, -0.1) is 0 Å². The molecule has 2 aromatic carbocycles. The Kier molecular flexibility index (Phi) is 8.90. The molecule has 0 bridgehead atoms. The number of hydrogen-bond donors (Lipinski definition) is 1.